The van der Waals surface area contributed by atoms with Gasteiger partial charge in [0.15, 0.2) is 0 Å². The van der Waals surface area contributed by atoms with E-state index in [1.54, 1.807) is 24.5 Å². The van der Waals surface area contributed by atoms with E-state index >= 15 is 0 Å². The summed E-state index contributed by atoms with van der Waals surface area (Å²) in [5, 5.41) is 9.72. The van der Waals surface area contributed by atoms with Crippen LogP contribution in [0.4, 0.5) is 0 Å². The zero-order valence-electron chi connectivity index (χ0n) is 12.3. The van der Waals surface area contributed by atoms with Gasteiger partial charge in [0, 0.05) is 5.56 Å². The van der Waals surface area contributed by atoms with Crippen LogP contribution in [0.3, 0.4) is 0 Å². The highest BCUT2D eigenvalue weighted by molar-refractivity contribution is 7.21. The highest BCUT2D eigenvalue weighted by Crippen LogP contribution is 2.32. The Bertz CT molecular complexity index is 956. The summed E-state index contributed by atoms with van der Waals surface area (Å²) in [4.78, 5) is 7.78. The van der Waals surface area contributed by atoms with Crippen molar-refractivity contribution >= 4 is 27.6 Å². The fourth-order valence-corrected chi connectivity index (χ4v) is 3.12. The van der Waals surface area contributed by atoms with Crippen LogP contribution in [0.5, 0.6) is 5.75 Å². The fraction of sp³-hybridized carbons (Fsp3) is 0.0556. The number of aromatic nitrogens is 1. The van der Waals surface area contributed by atoms with Crippen LogP contribution in [0.1, 0.15) is 5.56 Å². The van der Waals surface area contributed by atoms with Crippen LogP contribution in [-0.2, 0) is 0 Å². The molecule has 3 rings (SSSR count). The third-order valence-corrected chi connectivity index (χ3v) is 4.36. The second-order valence-electron chi connectivity index (χ2n) is 4.73. The van der Waals surface area contributed by atoms with Crippen molar-refractivity contribution in [1.82, 2.24) is 4.98 Å². The minimum atomic E-state index is 0.0739. The van der Waals surface area contributed by atoms with Gasteiger partial charge >= 0.3 is 0 Å². The zero-order chi connectivity index (χ0) is 16.2. The van der Waals surface area contributed by atoms with Gasteiger partial charge in [0.1, 0.15) is 10.8 Å². The van der Waals surface area contributed by atoms with E-state index in [2.05, 4.69) is 9.83 Å². The molecule has 1 aromatic heterocycles. The van der Waals surface area contributed by atoms with Gasteiger partial charge in [-0.15, -0.1) is 11.3 Å². The quantitative estimate of drug-likeness (QED) is 0.517. The number of allylic oxidation sites excluding steroid dienone is 1. The molecule has 23 heavy (non-hydrogen) atoms. The minimum Gasteiger partial charge on any atom is -0.497 e. The molecule has 0 amide bonds. The molecule has 0 atom stereocenters. The Morgan fingerprint density at radius 3 is 2.74 bits per heavy atom. The molecule has 0 aliphatic carbocycles. The smallest absolute Gasteiger partial charge is 0.262 e. The lowest BCUT2D eigenvalue weighted by Gasteiger charge is -1.97. The van der Waals surface area contributed by atoms with Crippen molar-refractivity contribution in [2.75, 3.05) is 7.11 Å². The lowest BCUT2D eigenvalue weighted by molar-refractivity contribution is 0.415. The van der Waals surface area contributed by atoms with Gasteiger partial charge in [0.05, 0.1) is 30.0 Å². The van der Waals surface area contributed by atoms with Crippen molar-refractivity contribution in [3.63, 3.8) is 0 Å². The Balaban J connectivity index is 1.95. The van der Waals surface area contributed by atoms with Crippen LogP contribution in [0, 0.1) is 17.9 Å². The van der Waals surface area contributed by atoms with Crippen LogP contribution in [0.25, 0.3) is 31.7 Å². The van der Waals surface area contributed by atoms with Crippen molar-refractivity contribution < 1.29 is 4.74 Å². The lowest BCUT2D eigenvalue weighted by Crippen LogP contribution is -1.80. The van der Waals surface area contributed by atoms with E-state index in [1.807, 2.05) is 48.5 Å². The highest BCUT2D eigenvalue weighted by Gasteiger charge is 2.07. The monoisotopic (exact) mass is 317 g/mol. The van der Waals surface area contributed by atoms with Crippen LogP contribution < -0.4 is 4.74 Å². The van der Waals surface area contributed by atoms with Crippen LogP contribution in [0.2, 0.25) is 0 Å². The Labute approximate surface area is 137 Å². The van der Waals surface area contributed by atoms with Gasteiger partial charge in [-0.25, -0.2) is 15.1 Å². The standard InChI is InChI=1S/C18H11N3OS/c1-20-14(11-19)9-12-3-5-13(6-4-12)18-21-16-8-7-15(22-2)10-17(16)23-18/h3-10H,2H3/b14-9-. The van der Waals surface area contributed by atoms with Crippen molar-refractivity contribution in [2.24, 2.45) is 0 Å². The summed E-state index contributed by atoms with van der Waals surface area (Å²) >= 11 is 1.60. The molecule has 5 heteroatoms. The molecule has 0 N–H and O–H groups in total. The van der Waals surface area contributed by atoms with E-state index in [4.69, 9.17) is 16.6 Å². The number of rotatable bonds is 3. The Kier molecular flexibility index (Phi) is 4.05. The van der Waals surface area contributed by atoms with Crippen LogP contribution in [0.15, 0.2) is 48.2 Å². The summed E-state index contributed by atoms with van der Waals surface area (Å²) in [6.45, 7) is 6.90. The SMILES string of the molecule is [C-]#[N+]/C(C#N)=C\c1ccc(-c2nc3ccc(OC)cc3s2)cc1. The van der Waals surface area contributed by atoms with E-state index in [9.17, 15) is 0 Å². The molecular weight excluding hydrogens is 306 g/mol. The lowest BCUT2D eigenvalue weighted by atomic mass is 10.1. The van der Waals surface area contributed by atoms with Crippen LogP contribution >= 0.6 is 11.3 Å². The predicted octanol–water partition coefficient (Wildman–Crippen LogP) is 4.76. The molecule has 0 bridgehead atoms. The normalized spacial score (nSPS) is 11.0. The second kappa shape index (κ2) is 6.31. The fourth-order valence-electron chi connectivity index (χ4n) is 2.12. The first-order valence-corrected chi connectivity index (χ1v) is 7.59. The van der Waals surface area contributed by atoms with Crippen molar-refractivity contribution in [3.8, 4) is 22.4 Å². The molecule has 3 aromatic rings. The van der Waals surface area contributed by atoms with Gasteiger partial charge in [-0.05, 0) is 29.8 Å². The largest absolute Gasteiger partial charge is 0.497 e. The average molecular weight is 317 g/mol. The van der Waals surface area contributed by atoms with Crippen molar-refractivity contribution in [3.05, 3.63) is 65.1 Å². The summed E-state index contributed by atoms with van der Waals surface area (Å²) in [5.74, 6) is 0.816. The number of hydrogen-bond donors (Lipinski definition) is 0. The maximum absolute atomic E-state index is 8.79. The third-order valence-electron chi connectivity index (χ3n) is 3.29. The van der Waals surface area contributed by atoms with Gasteiger partial charge in [-0.3, -0.25) is 0 Å². The first-order chi connectivity index (χ1) is 11.2. The molecule has 4 nitrogen and oxygen atoms in total. The molecule has 0 aliphatic heterocycles. The summed E-state index contributed by atoms with van der Waals surface area (Å²) in [7, 11) is 1.65. The number of nitriles is 1. The molecule has 0 fully saturated rings. The van der Waals surface area contributed by atoms with Crippen LogP contribution in [-0.4, -0.2) is 12.1 Å². The Hall–Kier alpha value is -3.15. The summed E-state index contributed by atoms with van der Waals surface area (Å²) in [6.07, 6.45) is 1.57. The molecule has 0 unspecified atom stereocenters. The van der Waals surface area contributed by atoms with E-state index in [1.165, 1.54) is 0 Å². The molecule has 0 saturated heterocycles. The Morgan fingerprint density at radius 2 is 2.09 bits per heavy atom. The molecule has 1 heterocycles. The minimum absolute atomic E-state index is 0.0739. The number of methoxy groups -OCH3 is 1. The number of thiazole rings is 1. The molecule has 0 spiro atoms. The third kappa shape index (κ3) is 3.06. The molecule has 2 aromatic carbocycles. The molecule has 0 aliphatic rings. The molecule has 110 valence electrons. The van der Waals surface area contributed by atoms with E-state index in [-0.39, 0.29) is 5.70 Å². The Morgan fingerprint density at radius 1 is 1.30 bits per heavy atom. The average Bonchev–Trinajstić information content (AvgIpc) is 3.03. The van der Waals surface area contributed by atoms with Gasteiger partial charge in [-0.1, -0.05) is 24.3 Å². The van der Waals surface area contributed by atoms with Crippen molar-refractivity contribution in [1.29, 1.82) is 5.26 Å². The number of nitrogens with zero attached hydrogens (tertiary/aromatic N) is 3. The number of fused-ring (bicyclic) bond motifs is 1. The maximum Gasteiger partial charge on any atom is 0.262 e. The van der Waals surface area contributed by atoms with Gasteiger partial charge in [0.25, 0.3) is 5.70 Å². The highest BCUT2D eigenvalue weighted by atomic mass is 32.1. The second-order valence-corrected chi connectivity index (χ2v) is 5.76. The topological polar surface area (TPSA) is 50.3 Å². The summed E-state index contributed by atoms with van der Waals surface area (Å²) in [6, 6.07) is 15.3. The molecule has 0 saturated carbocycles. The summed E-state index contributed by atoms with van der Waals surface area (Å²) in [5.41, 5.74) is 2.84. The van der Waals surface area contributed by atoms with Gasteiger partial charge in [0.2, 0.25) is 0 Å². The van der Waals surface area contributed by atoms with E-state index in [0.717, 1.165) is 32.1 Å². The van der Waals surface area contributed by atoms with Gasteiger partial charge in [-0.2, -0.15) is 0 Å². The molecular formula is C18H11N3OS. The first kappa shape index (κ1) is 14.8. The zero-order valence-corrected chi connectivity index (χ0v) is 13.1. The maximum atomic E-state index is 8.79. The number of benzene rings is 2. The number of ether oxygens (including phenoxy) is 1. The summed E-state index contributed by atoms with van der Waals surface area (Å²) < 4.78 is 6.31. The number of hydrogen-bond acceptors (Lipinski definition) is 4. The predicted molar refractivity (Wildman–Crippen MR) is 91.8 cm³/mol. The van der Waals surface area contributed by atoms with E-state index in [0.29, 0.717) is 0 Å². The van der Waals surface area contributed by atoms with E-state index < -0.39 is 0 Å². The van der Waals surface area contributed by atoms with Gasteiger partial charge < -0.3 is 4.74 Å². The van der Waals surface area contributed by atoms with Crippen molar-refractivity contribution in [2.45, 2.75) is 0 Å². The molecule has 0 radical (unpaired) electrons. The first-order valence-electron chi connectivity index (χ1n) is 6.78.